The van der Waals surface area contributed by atoms with Crippen molar-refractivity contribution >= 4 is 38.5 Å². The van der Waals surface area contributed by atoms with Crippen molar-refractivity contribution in [2.24, 2.45) is 7.05 Å². The number of aryl methyl sites for hydroxylation is 2. The van der Waals surface area contributed by atoms with E-state index >= 15 is 0 Å². The van der Waals surface area contributed by atoms with Crippen LogP contribution in [-0.4, -0.2) is 68.6 Å². The Hall–Kier alpha value is -5.64. The van der Waals surface area contributed by atoms with Crippen LogP contribution < -0.4 is 35.9 Å². The number of nitrogens with zero attached hydrogens (tertiary/aromatic N) is 5. The van der Waals surface area contributed by atoms with E-state index in [0.717, 1.165) is 4.57 Å². The zero-order chi connectivity index (χ0) is 36.5. The first-order chi connectivity index (χ1) is 24.4. The third-order valence-electron chi connectivity index (χ3n) is 9.72. The van der Waals surface area contributed by atoms with Crippen LogP contribution >= 0.6 is 15.9 Å². The minimum absolute atomic E-state index is 0.0198. The topological polar surface area (TPSA) is 175 Å². The number of ketones is 2. The molecule has 3 aliphatic rings. The maximum Gasteiger partial charge on any atom is 0.347 e. The van der Waals surface area contributed by atoms with Gasteiger partial charge < -0.3 is 28.6 Å². The summed E-state index contributed by atoms with van der Waals surface area (Å²) in [5, 5.41) is 10.4. The second-order valence-electron chi connectivity index (χ2n) is 12.2. The number of allylic oxidation sites excluding steroid dienone is 6. The number of phenols is 1. The van der Waals surface area contributed by atoms with Crippen LogP contribution in [0.1, 0.15) is 29.6 Å². The number of fused-ring (bicyclic) bond motifs is 4. The number of halogens is 1. The number of hydrogen-bond donors (Lipinski definition) is 1. The van der Waals surface area contributed by atoms with Crippen molar-refractivity contribution in [2.45, 2.75) is 37.9 Å². The molecular formula is C35H32BrN5O10. The van der Waals surface area contributed by atoms with Gasteiger partial charge in [0.05, 0.1) is 56.5 Å². The molecule has 2 aromatic heterocycles. The molecule has 2 aromatic carbocycles. The van der Waals surface area contributed by atoms with Gasteiger partial charge in [-0.25, -0.2) is 28.5 Å². The van der Waals surface area contributed by atoms with Crippen LogP contribution in [0.4, 0.5) is 0 Å². The van der Waals surface area contributed by atoms with Crippen LogP contribution in [0.3, 0.4) is 0 Å². The Labute approximate surface area is 297 Å². The number of ether oxygens (including phenoxy) is 4. The number of hydrogen-bond acceptors (Lipinski definition) is 11. The van der Waals surface area contributed by atoms with E-state index in [1.807, 2.05) is 0 Å². The fraction of sp³-hybridized carbons (Fsp3) is 0.314. The predicted octanol–water partition coefficient (Wildman–Crippen LogP) is 2.44. The van der Waals surface area contributed by atoms with Gasteiger partial charge in [0.15, 0.2) is 23.1 Å². The molecule has 0 radical (unpaired) electrons. The molecule has 16 heteroatoms. The van der Waals surface area contributed by atoms with E-state index < -0.39 is 40.5 Å². The molecule has 2 unspecified atom stereocenters. The molecule has 0 saturated carbocycles. The SMILES string of the molecule is COc1cc2nc(CCn3c(=O)n4n(c3=O)C3CC5=C(C(=O)C=C(Br)C5=O)C(c5c(OC)cc(O)cc5OC)C3=CC4)c(=O)n(C)c2cc1OC. The van der Waals surface area contributed by atoms with E-state index in [2.05, 4.69) is 20.9 Å². The summed E-state index contributed by atoms with van der Waals surface area (Å²) < 4.78 is 27.2. The van der Waals surface area contributed by atoms with Crippen LogP contribution in [0, 0.1) is 0 Å². The van der Waals surface area contributed by atoms with Crippen LogP contribution in [0.25, 0.3) is 11.0 Å². The molecule has 7 rings (SSSR count). The van der Waals surface area contributed by atoms with Crippen molar-refractivity contribution in [3.8, 4) is 28.7 Å². The lowest BCUT2D eigenvalue weighted by atomic mass is 9.68. The fourth-order valence-corrected chi connectivity index (χ4v) is 7.80. The summed E-state index contributed by atoms with van der Waals surface area (Å²) in [6, 6.07) is 5.20. The molecular weight excluding hydrogens is 730 g/mol. The van der Waals surface area contributed by atoms with Gasteiger partial charge in [0.2, 0.25) is 0 Å². The van der Waals surface area contributed by atoms with E-state index in [1.54, 1.807) is 25.3 Å². The van der Waals surface area contributed by atoms with Crippen molar-refractivity contribution < 1.29 is 33.6 Å². The molecule has 0 amide bonds. The summed E-state index contributed by atoms with van der Waals surface area (Å²) in [4.78, 5) is 73.2. The number of carbonyl (C=O) groups is 2. The second-order valence-corrected chi connectivity index (χ2v) is 13.1. The van der Waals surface area contributed by atoms with Crippen LogP contribution in [0.2, 0.25) is 0 Å². The highest BCUT2D eigenvalue weighted by Gasteiger charge is 2.46. The quantitative estimate of drug-likeness (QED) is 0.206. The standard InChI is InChI=1S/C35H32BrN5O10/c1-38-23-15-26(49-3)25(48-2)14-21(23)37-20(33(38)45)7-8-39-34(46)40-9-6-17-22(41(40)35(39)47)12-18-29(24(43)13-19(36)32(18)44)30(17)31-27(50-4)10-16(42)11-28(31)51-5/h6,10-11,13-15,22,30,42H,7-9,12H2,1-5H3. The zero-order valence-corrected chi connectivity index (χ0v) is 29.8. The molecule has 1 N–H and O–H groups in total. The van der Waals surface area contributed by atoms with E-state index in [0.29, 0.717) is 33.7 Å². The lowest BCUT2D eigenvalue weighted by Crippen LogP contribution is -2.40. The Balaban J connectivity index is 1.33. The molecule has 0 bridgehead atoms. The van der Waals surface area contributed by atoms with Crippen LogP contribution in [0.15, 0.2) is 72.0 Å². The normalized spacial score (nSPS) is 18.2. The van der Waals surface area contributed by atoms with E-state index in [9.17, 15) is 29.1 Å². The lowest BCUT2D eigenvalue weighted by Gasteiger charge is -2.40. The summed E-state index contributed by atoms with van der Waals surface area (Å²) in [6.45, 7) is -0.176. The zero-order valence-electron chi connectivity index (χ0n) is 28.2. The molecule has 3 heterocycles. The lowest BCUT2D eigenvalue weighted by molar-refractivity contribution is -0.115. The molecule has 4 aromatic rings. The number of rotatable bonds is 8. The Bertz CT molecular complexity index is 2460. The Morgan fingerprint density at radius 3 is 2.20 bits per heavy atom. The predicted molar refractivity (Wildman–Crippen MR) is 186 cm³/mol. The minimum atomic E-state index is -0.919. The molecule has 2 aliphatic carbocycles. The number of aromatic nitrogens is 5. The van der Waals surface area contributed by atoms with Crippen molar-refractivity contribution in [1.82, 2.24) is 23.5 Å². The summed E-state index contributed by atoms with van der Waals surface area (Å²) in [5.74, 6) is -0.642. The fourth-order valence-electron chi connectivity index (χ4n) is 7.35. The average molecular weight is 763 g/mol. The van der Waals surface area contributed by atoms with Gasteiger partial charge in [0.25, 0.3) is 5.56 Å². The largest absolute Gasteiger partial charge is 0.508 e. The van der Waals surface area contributed by atoms with Crippen LogP contribution in [-0.2, 0) is 36.1 Å². The molecule has 264 valence electrons. The van der Waals surface area contributed by atoms with Crippen molar-refractivity contribution in [2.75, 3.05) is 28.4 Å². The van der Waals surface area contributed by atoms with E-state index in [-0.39, 0.29) is 64.5 Å². The number of carbonyl (C=O) groups excluding carboxylic acids is 2. The molecule has 0 saturated heterocycles. The highest BCUT2D eigenvalue weighted by molar-refractivity contribution is 9.12. The molecule has 0 spiro atoms. The molecule has 1 aliphatic heterocycles. The molecule has 51 heavy (non-hydrogen) atoms. The Kier molecular flexibility index (Phi) is 8.36. The number of phenolic OH excluding ortho intramolecular Hbond substituents is 1. The summed E-state index contributed by atoms with van der Waals surface area (Å²) in [5.41, 5.74) is 0.777. The summed E-state index contributed by atoms with van der Waals surface area (Å²) in [6.07, 6.45) is 2.90. The van der Waals surface area contributed by atoms with Gasteiger partial charge >= 0.3 is 11.4 Å². The maximum absolute atomic E-state index is 14.2. The van der Waals surface area contributed by atoms with Gasteiger partial charge in [0.1, 0.15) is 22.9 Å². The highest BCUT2D eigenvalue weighted by atomic mass is 79.9. The number of methoxy groups -OCH3 is 4. The van der Waals surface area contributed by atoms with Gasteiger partial charge in [-0.2, -0.15) is 0 Å². The molecule has 15 nitrogen and oxygen atoms in total. The molecule has 2 atom stereocenters. The van der Waals surface area contributed by atoms with Crippen molar-refractivity contribution in [3.05, 3.63) is 100 Å². The third kappa shape index (κ3) is 5.15. The monoisotopic (exact) mass is 761 g/mol. The van der Waals surface area contributed by atoms with E-state index in [1.165, 1.54) is 60.6 Å². The number of Topliss-reactive ketones (excluding diaryl/α,β-unsaturated/α-hetero) is 1. The number of aromatic hydroxyl groups is 1. The van der Waals surface area contributed by atoms with Gasteiger partial charge in [-0.3, -0.25) is 14.4 Å². The van der Waals surface area contributed by atoms with Gasteiger partial charge in [-0.1, -0.05) is 6.08 Å². The smallest absolute Gasteiger partial charge is 0.347 e. The maximum atomic E-state index is 14.2. The highest BCUT2D eigenvalue weighted by Crippen LogP contribution is 2.54. The van der Waals surface area contributed by atoms with Crippen molar-refractivity contribution in [3.63, 3.8) is 0 Å². The first-order valence-corrected chi connectivity index (χ1v) is 16.6. The van der Waals surface area contributed by atoms with Gasteiger partial charge in [0, 0.05) is 79.4 Å². The first kappa shape index (κ1) is 33.8. The molecule has 0 fully saturated rings. The van der Waals surface area contributed by atoms with Gasteiger partial charge in [-0.05, 0) is 21.5 Å². The summed E-state index contributed by atoms with van der Waals surface area (Å²) >= 11 is 3.22. The third-order valence-corrected chi connectivity index (χ3v) is 10.3. The average Bonchev–Trinajstić information content (AvgIpc) is 3.37. The minimum Gasteiger partial charge on any atom is -0.508 e. The van der Waals surface area contributed by atoms with E-state index in [4.69, 9.17) is 18.9 Å². The Morgan fingerprint density at radius 2 is 1.55 bits per heavy atom. The number of benzene rings is 2. The summed E-state index contributed by atoms with van der Waals surface area (Å²) in [7, 11) is 7.38. The van der Waals surface area contributed by atoms with Crippen LogP contribution in [0.5, 0.6) is 28.7 Å². The Morgan fingerprint density at radius 1 is 0.902 bits per heavy atom. The van der Waals surface area contributed by atoms with Crippen molar-refractivity contribution in [1.29, 1.82) is 0 Å². The first-order valence-electron chi connectivity index (χ1n) is 15.8. The van der Waals surface area contributed by atoms with Gasteiger partial charge in [-0.15, -0.1) is 0 Å². The second kappa shape index (κ2) is 12.6.